The van der Waals surface area contributed by atoms with Crippen LogP contribution < -0.4 is 5.32 Å². The summed E-state index contributed by atoms with van der Waals surface area (Å²) in [6.45, 7) is 2.01. The number of nitro benzene ring substituents is 1. The van der Waals surface area contributed by atoms with Crippen molar-refractivity contribution in [3.63, 3.8) is 0 Å². The van der Waals surface area contributed by atoms with Crippen LogP contribution >= 0.6 is 11.8 Å². The van der Waals surface area contributed by atoms with Crippen molar-refractivity contribution in [2.75, 3.05) is 11.1 Å². The largest absolute Gasteiger partial charge is 0.320 e. The van der Waals surface area contributed by atoms with Crippen molar-refractivity contribution in [1.82, 2.24) is 9.55 Å². The van der Waals surface area contributed by atoms with E-state index in [1.165, 1.54) is 23.9 Å². The molecular formula is C18H16N4O3S. The fourth-order valence-corrected chi connectivity index (χ4v) is 3.20. The number of aryl methyl sites for hydroxylation is 1. The normalized spacial score (nSPS) is 10.5. The molecule has 132 valence electrons. The Morgan fingerprint density at radius 1 is 1.27 bits per heavy atom. The molecule has 0 saturated carbocycles. The van der Waals surface area contributed by atoms with Crippen LogP contribution in [0, 0.1) is 17.0 Å². The maximum atomic E-state index is 12.2. The molecule has 1 amide bonds. The third-order valence-corrected chi connectivity index (χ3v) is 4.56. The van der Waals surface area contributed by atoms with Gasteiger partial charge in [-0.25, -0.2) is 4.98 Å². The Morgan fingerprint density at radius 2 is 2.08 bits per heavy atom. The molecule has 0 radical (unpaired) electrons. The third-order valence-electron chi connectivity index (χ3n) is 3.59. The minimum Gasteiger partial charge on any atom is -0.320 e. The van der Waals surface area contributed by atoms with E-state index in [0.717, 1.165) is 11.3 Å². The second kappa shape index (κ2) is 7.83. The quantitative estimate of drug-likeness (QED) is 0.406. The summed E-state index contributed by atoms with van der Waals surface area (Å²) in [6, 6.07) is 14.0. The predicted molar refractivity (Wildman–Crippen MR) is 101 cm³/mol. The Balaban J connectivity index is 1.68. The zero-order chi connectivity index (χ0) is 18.5. The number of rotatable bonds is 6. The molecule has 0 spiro atoms. The average molecular weight is 368 g/mol. The first-order chi connectivity index (χ1) is 12.5. The van der Waals surface area contributed by atoms with Crippen LogP contribution in [0.5, 0.6) is 0 Å². The van der Waals surface area contributed by atoms with Crippen molar-refractivity contribution in [2.24, 2.45) is 0 Å². The van der Waals surface area contributed by atoms with Crippen molar-refractivity contribution in [3.8, 4) is 5.69 Å². The highest BCUT2D eigenvalue weighted by atomic mass is 32.2. The number of hydrogen-bond acceptors (Lipinski definition) is 5. The summed E-state index contributed by atoms with van der Waals surface area (Å²) in [6.07, 6.45) is 3.50. The van der Waals surface area contributed by atoms with Gasteiger partial charge >= 0.3 is 0 Å². The molecular weight excluding hydrogens is 352 g/mol. The smallest absolute Gasteiger partial charge is 0.292 e. The van der Waals surface area contributed by atoms with Gasteiger partial charge in [0.1, 0.15) is 5.69 Å². The molecule has 0 fully saturated rings. The molecule has 0 saturated heterocycles. The van der Waals surface area contributed by atoms with Crippen LogP contribution in [-0.2, 0) is 4.79 Å². The van der Waals surface area contributed by atoms with Crippen molar-refractivity contribution in [1.29, 1.82) is 0 Å². The molecule has 0 unspecified atom stereocenters. The van der Waals surface area contributed by atoms with Crippen LogP contribution in [0.3, 0.4) is 0 Å². The number of imidazole rings is 1. The molecule has 2 aromatic carbocycles. The second-order valence-corrected chi connectivity index (χ2v) is 6.47. The summed E-state index contributed by atoms with van der Waals surface area (Å²) in [5.41, 5.74) is 2.14. The first-order valence-corrected chi connectivity index (χ1v) is 8.79. The summed E-state index contributed by atoms with van der Waals surface area (Å²) in [7, 11) is 0. The number of nitro groups is 1. The number of thioether (sulfide) groups is 1. The molecule has 1 N–H and O–H groups in total. The fraction of sp³-hybridized carbons (Fsp3) is 0.111. The standard InChI is InChI=1S/C18H16N4O3S/c1-13-5-4-6-14(11-13)21-10-9-19-18(21)26-12-17(23)20-15-7-2-3-8-16(15)22(24)25/h2-11H,12H2,1H3,(H,20,23). The maximum absolute atomic E-state index is 12.2. The SMILES string of the molecule is Cc1cccc(-n2ccnc2SCC(=O)Nc2ccccc2[N+](=O)[O-])c1. The number of hydrogen-bond donors (Lipinski definition) is 1. The molecule has 7 nitrogen and oxygen atoms in total. The van der Waals surface area contributed by atoms with E-state index in [1.807, 2.05) is 42.0 Å². The lowest BCUT2D eigenvalue weighted by Crippen LogP contribution is -2.15. The maximum Gasteiger partial charge on any atom is 0.292 e. The first-order valence-electron chi connectivity index (χ1n) is 7.81. The van der Waals surface area contributed by atoms with Gasteiger partial charge < -0.3 is 5.32 Å². The van der Waals surface area contributed by atoms with Gasteiger partial charge in [-0.15, -0.1) is 0 Å². The topological polar surface area (TPSA) is 90.1 Å². The van der Waals surface area contributed by atoms with E-state index < -0.39 is 4.92 Å². The fourth-order valence-electron chi connectivity index (χ4n) is 2.43. The lowest BCUT2D eigenvalue weighted by atomic mass is 10.2. The van der Waals surface area contributed by atoms with Gasteiger partial charge in [-0.1, -0.05) is 36.0 Å². The number of nitrogens with zero attached hydrogens (tertiary/aromatic N) is 3. The molecule has 0 atom stereocenters. The van der Waals surface area contributed by atoms with Gasteiger partial charge in [0.15, 0.2) is 5.16 Å². The number of amides is 1. The Labute approximate surface area is 154 Å². The highest BCUT2D eigenvalue weighted by Gasteiger charge is 2.15. The number of carbonyl (C=O) groups is 1. The number of carbonyl (C=O) groups excluding carboxylic acids is 1. The van der Waals surface area contributed by atoms with E-state index >= 15 is 0 Å². The highest BCUT2D eigenvalue weighted by Crippen LogP contribution is 2.25. The summed E-state index contributed by atoms with van der Waals surface area (Å²) in [5, 5.41) is 14.3. The van der Waals surface area contributed by atoms with Crippen LogP contribution in [0.1, 0.15) is 5.56 Å². The zero-order valence-electron chi connectivity index (χ0n) is 14.0. The number of nitrogens with one attached hydrogen (secondary N) is 1. The first kappa shape index (κ1) is 17.7. The van der Waals surface area contributed by atoms with Crippen LogP contribution in [0.15, 0.2) is 66.1 Å². The van der Waals surface area contributed by atoms with E-state index in [0.29, 0.717) is 5.16 Å². The predicted octanol–water partition coefficient (Wildman–Crippen LogP) is 3.82. The molecule has 1 aromatic heterocycles. The molecule has 1 heterocycles. The van der Waals surface area contributed by atoms with Crippen LogP contribution in [-0.4, -0.2) is 26.1 Å². The van der Waals surface area contributed by atoms with Crippen molar-refractivity contribution in [3.05, 3.63) is 76.6 Å². The molecule has 3 rings (SSSR count). The number of anilines is 1. The van der Waals surface area contributed by atoms with E-state index in [9.17, 15) is 14.9 Å². The van der Waals surface area contributed by atoms with Crippen LogP contribution in [0.2, 0.25) is 0 Å². The van der Waals surface area contributed by atoms with E-state index in [4.69, 9.17) is 0 Å². The Kier molecular flexibility index (Phi) is 5.33. The minimum atomic E-state index is -0.521. The molecule has 0 aliphatic carbocycles. The van der Waals surface area contributed by atoms with Crippen molar-refractivity contribution < 1.29 is 9.72 Å². The van der Waals surface area contributed by atoms with Crippen molar-refractivity contribution in [2.45, 2.75) is 12.1 Å². The molecule has 0 aliphatic heterocycles. The molecule has 3 aromatic rings. The summed E-state index contributed by atoms with van der Waals surface area (Å²) in [5.74, 6) is -0.238. The second-order valence-electron chi connectivity index (χ2n) is 5.53. The molecule has 26 heavy (non-hydrogen) atoms. The van der Waals surface area contributed by atoms with Crippen molar-refractivity contribution >= 4 is 29.0 Å². The van der Waals surface area contributed by atoms with Gasteiger partial charge in [0.2, 0.25) is 5.91 Å². The molecule has 0 bridgehead atoms. The zero-order valence-corrected chi connectivity index (χ0v) is 14.8. The Morgan fingerprint density at radius 3 is 2.85 bits per heavy atom. The van der Waals surface area contributed by atoms with Gasteiger partial charge in [0, 0.05) is 24.1 Å². The lowest BCUT2D eigenvalue weighted by molar-refractivity contribution is -0.383. The van der Waals surface area contributed by atoms with Gasteiger partial charge in [-0.05, 0) is 30.7 Å². The minimum absolute atomic E-state index is 0.0921. The van der Waals surface area contributed by atoms with Gasteiger partial charge in [-0.2, -0.15) is 0 Å². The third kappa shape index (κ3) is 4.09. The number of aromatic nitrogens is 2. The summed E-state index contributed by atoms with van der Waals surface area (Å²) < 4.78 is 1.90. The summed E-state index contributed by atoms with van der Waals surface area (Å²) >= 11 is 1.27. The number of para-hydroxylation sites is 2. The van der Waals surface area contributed by atoms with Gasteiger partial charge in [-0.3, -0.25) is 19.5 Å². The average Bonchev–Trinajstić information content (AvgIpc) is 3.09. The van der Waals surface area contributed by atoms with Crippen LogP contribution in [0.25, 0.3) is 5.69 Å². The van der Waals surface area contributed by atoms with E-state index in [2.05, 4.69) is 10.3 Å². The monoisotopic (exact) mass is 368 g/mol. The summed E-state index contributed by atoms with van der Waals surface area (Å²) in [4.78, 5) is 27.0. The number of benzene rings is 2. The van der Waals surface area contributed by atoms with Gasteiger partial charge in [0.05, 0.1) is 10.7 Å². The van der Waals surface area contributed by atoms with Crippen LogP contribution in [0.4, 0.5) is 11.4 Å². The lowest BCUT2D eigenvalue weighted by Gasteiger charge is -2.09. The molecule has 0 aliphatic rings. The Hall–Kier alpha value is -3.13. The Bertz CT molecular complexity index is 955. The highest BCUT2D eigenvalue weighted by molar-refractivity contribution is 7.99. The molecule has 8 heteroatoms. The van der Waals surface area contributed by atoms with E-state index in [-0.39, 0.29) is 23.0 Å². The van der Waals surface area contributed by atoms with Gasteiger partial charge in [0.25, 0.3) is 5.69 Å². The van der Waals surface area contributed by atoms with E-state index in [1.54, 1.807) is 18.3 Å².